The van der Waals surface area contributed by atoms with Crippen molar-refractivity contribution in [3.8, 4) is 0 Å². The molecule has 2 heterocycles. The average Bonchev–Trinajstić information content (AvgIpc) is 2.44. The number of hydrogen-bond donors (Lipinski definition) is 3. The third kappa shape index (κ3) is 0.795. The number of hydrogen-bond acceptors (Lipinski definition) is 3. The van der Waals surface area contributed by atoms with Crippen LogP contribution in [0.1, 0.15) is 19.3 Å². The van der Waals surface area contributed by atoms with E-state index in [9.17, 15) is 9.90 Å². The van der Waals surface area contributed by atoms with E-state index in [-0.39, 0.29) is 6.04 Å². The second-order valence-corrected chi connectivity index (χ2v) is 3.45. The van der Waals surface area contributed by atoms with Crippen LogP contribution in [0.25, 0.3) is 0 Å². The second-order valence-electron chi connectivity index (χ2n) is 3.45. The normalized spacial score (nSPS) is 48.1. The first-order chi connectivity index (χ1) is 5.14. The molecule has 3 N–H and O–H groups in total. The number of aliphatic hydroxyl groups is 1. The Morgan fingerprint density at radius 2 is 2.36 bits per heavy atom. The zero-order chi connectivity index (χ0) is 8.06. The van der Waals surface area contributed by atoms with E-state index in [4.69, 9.17) is 5.11 Å². The van der Waals surface area contributed by atoms with Gasteiger partial charge in [-0.05, 0) is 12.8 Å². The van der Waals surface area contributed by atoms with Crippen molar-refractivity contribution in [2.75, 3.05) is 0 Å². The van der Waals surface area contributed by atoms with E-state index in [0.29, 0.717) is 12.8 Å². The molecule has 0 saturated carbocycles. The molecule has 2 rings (SSSR count). The number of carboxylic acid groups (broad SMARTS) is 1. The molecule has 2 saturated heterocycles. The van der Waals surface area contributed by atoms with Crippen molar-refractivity contribution in [3.05, 3.63) is 0 Å². The molecule has 0 aromatic carbocycles. The van der Waals surface area contributed by atoms with Crippen LogP contribution in [-0.4, -0.2) is 33.9 Å². The van der Waals surface area contributed by atoms with E-state index in [1.807, 2.05) is 0 Å². The van der Waals surface area contributed by atoms with Crippen LogP contribution < -0.4 is 5.32 Å². The molecule has 2 aliphatic heterocycles. The number of fused-ring (bicyclic) bond motifs is 2. The second kappa shape index (κ2) is 1.95. The van der Waals surface area contributed by atoms with Gasteiger partial charge < -0.3 is 10.2 Å². The molecule has 0 radical (unpaired) electrons. The van der Waals surface area contributed by atoms with Gasteiger partial charge in [-0.3, -0.25) is 10.1 Å². The summed E-state index contributed by atoms with van der Waals surface area (Å²) >= 11 is 0. The molecular weight excluding hydrogens is 146 g/mol. The molecule has 4 nitrogen and oxygen atoms in total. The zero-order valence-electron chi connectivity index (χ0n) is 6.08. The largest absolute Gasteiger partial charge is 0.480 e. The Kier molecular flexibility index (Phi) is 1.25. The molecule has 4 heteroatoms. The summed E-state index contributed by atoms with van der Waals surface area (Å²) in [6.45, 7) is 0. The van der Waals surface area contributed by atoms with E-state index in [0.717, 1.165) is 6.42 Å². The third-order valence-electron chi connectivity index (χ3n) is 2.78. The van der Waals surface area contributed by atoms with Gasteiger partial charge in [0.05, 0.1) is 6.10 Å². The van der Waals surface area contributed by atoms with Crippen LogP contribution in [0, 0.1) is 0 Å². The fourth-order valence-corrected chi connectivity index (χ4v) is 2.11. The van der Waals surface area contributed by atoms with Crippen molar-refractivity contribution >= 4 is 5.97 Å². The highest BCUT2D eigenvalue weighted by molar-refractivity contribution is 5.80. The summed E-state index contributed by atoms with van der Waals surface area (Å²) in [5.74, 6) is -0.823. The van der Waals surface area contributed by atoms with Crippen molar-refractivity contribution in [2.45, 2.75) is 36.9 Å². The SMILES string of the molecule is O=C(O)C12CCC(N1)C(O)C2. The zero-order valence-corrected chi connectivity index (χ0v) is 6.08. The van der Waals surface area contributed by atoms with Gasteiger partial charge >= 0.3 is 5.97 Å². The van der Waals surface area contributed by atoms with E-state index >= 15 is 0 Å². The maximum Gasteiger partial charge on any atom is 0.324 e. The van der Waals surface area contributed by atoms with Crippen molar-refractivity contribution in [1.29, 1.82) is 0 Å². The van der Waals surface area contributed by atoms with E-state index < -0.39 is 17.6 Å². The molecule has 0 aromatic rings. The lowest BCUT2D eigenvalue weighted by atomic mass is 9.86. The molecule has 2 bridgehead atoms. The summed E-state index contributed by atoms with van der Waals surface area (Å²) in [6, 6.07) is 0.0195. The lowest BCUT2D eigenvalue weighted by molar-refractivity contribution is -0.144. The van der Waals surface area contributed by atoms with Crippen LogP contribution >= 0.6 is 0 Å². The van der Waals surface area contributed by atoms with Crippen LogP contribution in [0.2, 0.25) is 0 Å². The van der Waals surface area contributed by atoms with Crippen molar-refractivity contribution < 1.29 is 15.0 Å². The number of aliphatic carboxylic acids is 1. The van der Waals surface area contributed by atoms with Gasteiger partial charge in [-0.2, -0.15) is 0 Å². The predicted molar refractivity (Wildman–Crippen MR) is 37.1 cm³/mol. The number of aliphatic hydroxyl groups excluding tert-OH is 1. The van der Waals surface area contributed by atoms with Gasteiger partial charge in [-0.15, -0.1) is 0 Å². The van der Waals surface area contributed by atoms with Gasteiger partial charge in [-0.1, -0.05) is 0 Å². The summed E-state index contributed by atoms with van der Waals surface area (Å²) in [7, 11) is 0. The molecule has 0 spiro atoms. The first-order valence-electron chi connectivity index (χ1n) is 3.83. The third-order valence-corrected chi connectivity index (χ3v) is 2.78. The van der Waals surface area contributed by atoms with Crippen LogP contribution in [-0.2, 0) is 4.79 Å². The van der Waals surface area contributed by atoms with Crippen LogP contribution in [0.15, 0.2) is 0 Å². The van der Waals surface area contributed by atoms with Crippen molar-refractivity contribution in [1.82, 2.24) is 5.32 Å². The van der Waals surface area contributed by atoms with Crippen molar-refractivity contribution in [2.24, 2.45) is 0 Å². The summed E-state index contributed by atoms with van der Waals surface area (Å²) in [5, 5.41) is 21.1. The molecular formula is C7H11NO3. The first kappa shape index (κ1) is 7.06. The molecule has 11 heavy (non-hydrogen) atoms. The smallest absolute Gasteiger partial charge is 0.324 e. The fourth-order valence-electron chi connectivity index (χ4n) is 2.11. The monoisotopic (exact) mass is 157 g/mol. The molecule has 0 amide bonds. The highest BCUT2D eigenvalue weighted by Gasteiger charge is 2.54. The predicted octanol–water partition coefficient (Wildman–Crippen LogP) is -0.674. The van der Waals surface area contributed by atoms with Gasteiger partial charge in [0.15, 0.2) is 0 Å². The van der Waals surface area contributed by atoms with Gasteiger partial charge in [0.2, 0.25) is 0 Å². The van der Waals surface area contributed by atoms with E-state index in [2.05, 4.69) is 5.32 Å². The lowest BCUT2D eigenvalue weighted by Crippen LogP contribution is -2.44. The summed E-state index contributed by atoms with van der Waals surface area (Å²) in [6.07, 6.45) is 1.35. The molecule has 0 aliphatic carbocycles. The van der Waals surface area contributed by atoms with Crippen LogP contribution in [0.3, 0.4) is 0 Å². The minimum Gasteiger partial charge on any atom is -0.480 e. The fraction of sp³-hybridized carbons (Fsp3) is 0.857. The Hall–Kier alpha value is -0.610. The van der Waals surface area contributed by atoms with Crippen molar-refractivity contribution in [3.63, 3.8) is 0 Å². The van der Waals surface area contributed by atoms with E-state index in [1.165, 1.54) is 0 Å². The summed E-state index contributed by atoms with van der Waals surface area (Å²) in [5.41, 5.74) is -0.802. The first-order valence-corrected chi connectivity index (χ1v) is 3.83. The van der Waals surface area contributed by atoms with Gasteiger partial charge in [0, 0.05) is 12.5 Å². The molecule has 0 aromatic heterocycles. The Bertz CT molecular complexity index is 202. The number of carboxylic acids is 1. The van der Waals surface area contributed by atoms with E-state index in [1.54, 1.807) is 0 Å². The van der Waals surface area contributed by atoms with Crippen LogP contribution in [0.5, 0.6) is 0 Å². The Balaban J connectivity index is 2.23. The number of carbonyl (C=O) groups is 1. The maximum absolute atomic E-state index is 10.8. The maximum atomic E-state index is 10.8. The topological polar surface area (TPSA) is 69.6 Å². The summed E-state index contributed by atoms with van der Waals surface area (Å²) < 4.78 is 0. The molecule has 2 aliphatic rings. The summed E-state index contributed by atoms with van der Waals surface area (Å²) in [4.78, 5) is 10.8. The highest BCUT2D eigenvalue weighted by Crippen LogP contribution is 2.37. The molecule has 62 valence electrons. The van der Waals surface area contributed by atoms with Gasteiger partial charge in [0.1, 0.15) is 5.54 Å². The van der Waals surface area contributed by atoms with Gasteiger partial charge in [-0.25, -0.2) is 0 Å². The Labute approximate surface area is 64.2 Å². The number of nitrogens with one attached hydrogen (secondary N) is 1. The molecule has 3 atom stereocenters. The molecule has 3 unspecified atom stereocenters. The highest BCUT2D eigenvalue weighted by atomic mass is 16.4. The van der Waals surface area contributed by atoms with Crippen LogP contribution in [0.4, 0.5) is 0 Å². The quantitative estimate of drug-likeness (QED) is 0.472. The Morgan fingerprint density at radius 1 is 1.64 bits per heavy atom. The Morgan fingerprint density at radius 3 is 2.64 bits per heavy atom. The minimum atomic E-state index is -0.823. The number of rotatable bonds is 1. The molecule has 2 fully saturated rings. The standard InChI is InChI=1S/C7H11NO3/c9-5-3-7(6(10)11)2-1-4(5)8-7/h4-5,8-9H,1-3H2,(H,10,11). The van der Waals surface area contributed by atoms with Gasteiger partial charge in [0.25, 0.3) is 0 Å². The average molecular weight is 157 g/mol. The lowest BCUT2D eigenvalue weighted by Gasteiger charge is -2.21. The minimum absolute atomic E-state index is 0.0195.